The molecule has 0 aromatic heterocycles. The van der Waals surface area contributed by atoms with Gasteiger partial charge in [0, 0.05) is 6.42 Å². The van der Waals surface area contributed by atoms with Crippen LogP contribution in [0.4, 0.5) is 13.2 Å². The lowest BCUT2D eigenvalue weighted by Gasteiger charge is -2.14. The third-order valence-electron chi connectivity index (χ3n) is 2.28. The van der Waals surface area contributed by atoms with Gasteiger partial charge in [0.05, 0.1) is 17.8 Å². The van der Waals surface area contributed by atoms with E-state index in [2.05, 4.69) is 0 Å². The number of rotatable bonds is 3. The van der Waals surface area contributed by atoms with Crippen molar-refractivity contribution in [1.29, 1.82) is 0 Å². The highest BCUT2D eigenvalue weighted by molar-refractivity contribution is 5.25. The Bertz CT molecular complexity index is 330. The molecule has 16 heavy (non-hydrogen) atoms. The second kappa shape index (κ2) is 4.84. The summed E-state index contributed by atoms with van der Waals surface area (Å²) in [7, 11) is 0. The van der Waals surface area contributed by atoms with E-state index < -0.39 is 23.9 Å². The number of aliphatic hydroxyl groups excluding tert-OH is 2. The first-order chi connectivity index (χ1) is 7.30. The summed E-state index contributed by atoms with van der Waals surface area (Å²) in [4.78, 5) is 0. The van der Waals surface area contributed by atoms with E-state index in [1.165, 1.54) is 19.1 Å². The maximum atomic E-state index is 12.2. The SMILES string of the molecule is CC(O)C(O)Cc1ccc(C(F)(F)F)cc1. The van der Waals surface area contributed by atoms with E-state index in [4.69, 9.17) is 5.11 Å². The Labute approximate surface area is 91.3 Å². The summed E-state index contributed by atoms with van der Waals surface area (Å²) in [5.74, 6) is 0. The molecule has 0 amide bonds. The molecule has 0 spiro atoms. The summed E-state index contributed by atoms with van der Waals surface area (Å²) in [5.41, 5.74) is -0.163. The van der Waals surface area contributed by atoms with Crippen molar-refractivity contribution in [1.82, 2.24) is 0 Å². The quantitative estimate of drug-likeness (QED) is 0.839. The van der Waals surface area contributed by atoms with Crippen LogP contribution < -0.4 is 0 Å². The van der Waals surface area contributed by atoms with Crippen molar-refractivity contribution in [2.24, 2.45) is 0 Å². The van der Waals surface area contributed by atoms with E-state index in [1.807, 2.05) is 0 Å². The molecule has 0 aliphatic carbocycles. The van der Waals surface area contributed by atoms with Gasteiger partial charge < -0.3 is 10.2 Å². The van der Waals surface area contributed by atoms with Gasteiger partial charge in [-0.15, -0.1) is 0 Å². The van der Waals surface area contributed by atoms with E-state index in [1.54, 1.807) is 0 Å². The average Bonchev–Trinajstić information content (AvgIpc) is 2.17. The monoisotopic (exact) mass is 234 g/mol. The lowest BCUT2D eigenvalue weighted by molar-refractivity contribution is -0.137. The second-order valence-corrected chi connectivity index (χ2v) is 3.71. The van der Waals surface area contributed by atoms with E-state index in [0.717, 1.165) is 12.1 Å². The molecule has 1 aromatic rings. The number of hydrogen-bond acceptors (Lipinski definition) is 2. The molecule has 0 aliphatic rings. The Kier molecular flexibility index (Phi) is 3.93. The summed E-state index contributed by atoms with van der Waals surface area (Å²) in [6, 6.07) is 4.52. The van der Waals surface area contributed by atoms with Crippen molar-refractivity contribution in [2.45, 2.75) is 31.7 Å². The van der Waals surface area contributed by atoms with Gasteiger partial charge in [0.25, 0.3) is 0 Å². The highest BCUT2D eigenvalue weighted by Gasteiger charge is 2.29. The minimum atomic E-state index is -4.35. The fourth-order valence-corrected chi connectivity index (χ4v) is 1.24. The van der Waals surface area contributed by atoms with Gasteiger partial charge in [-0.2, -0.15) is 13.2 Å². The zero-order chi connectivity index (χ0) is 12.3. The summed E-state index contributed by atoms with van der Waals surface area (Å²) in [6.07, 6.45) is -6.07. The first-order valence-corrected chi connectivity index (χ1v) is 4.83. The van der Waals surface area contributed by atoms with Crippen molar-refractivity contribution in [3.8, 4) is 0 Å². The van der Waals surface area contributed by atoms with Crippen LogP contribution in [-0.2, 0) is 12.6 Å². The van der Waals surface area contributed by atoms with Crippen LogP contribution in [0.15, 0.2) is 24.3 Å². The van der Waals surface area contributed by atoms with E-state index >= 15 is 0 Å². The lowest BCUT2D eigenvalue weighted by Crippen LogP contribution is -2.24. The molecule has 2 unspecified atom stereocenters. The molecule has 0 fully saturated rings. The highest BCUT2D eigenvalue weighted by Crippen LogP contribution is 2.29. The van der Waals surface area contributed by atoms with Crippen molar-refractivity contribution >= 4 is 0 Å². The molecular weight excluding hydrogens is 221 g/mol. The molecule has 0 aliphatic heterocycles. The molecule has 1 rings (SSSR count). The Morgan fingerprint density at radius 1 is 1.12 bits per heavy atom. The Balaban J connectivity index is 2.72. The fourth-order valence-electron chi connectivity index (χ4n) is 1.24. The molecule has 5 heteroatoms. The molecule has 0 saturated heterocycles. The molecule has 90 valence electrons. The zero-order valence-electron chi connectivity index (χ0n) is 8.70. The number of aliphatic hydroxyl groups is 2. The molecule has 0 heterocycles. The van der Waals surface area contributed by atoms with Gasteiger partial charge in [0.15, 0.2) is 0 Å². The molecule has 1 aromatic carbocycles. The van der Waals surface area contributed by atoms with Crippen molar-refractivity contribution in [3.05, 3.63) is 35.4 Å². The Hall–Kier alpha value is -1.07. The Morgan fingerprint density at radius 3 is 2.00 bits per heavy atom. The smallest absolute Gasteiger partial charge is 0.391 e. The van der Waals surface area contributed by atoms with Gasteiger partial charge in [-0.3, -0.25) is 0 Å². The zero-order valence-corrected chi connectivity index (χ0v) is 8.70. The van der Waals surface area contributed by atoms with Crippen LogP contribution in [-0.4, -0.2) is 22.4 Å². The van der Waals surface area contributed by atoms with Crippen molar-refractivity contribution in [3.63, 3.8) is 0 Å². The Morgan fingerprint density at radius 2 is 1.62 bits per heavy atom. The molecule has 2 N–H and O–H groups in total. The maximum absolute atomic E-state index is 12.2. The third kappa shape index (κ3) is 3.50. The molecule has 0 radical (unpaired) electrons. The normalized spacial score (nSPS) is 15.9. The van der Waals surface area contributed by atoms with Crippen molar-refractivity contribution in [2.75, 3.05) is 0 Å². The van der Waals surface area contributed by atoms with Gasteiger partial charge >= 0.3 is 6.18 Å². The largest absolute Gasteiger partial charge is 0.416 e. The van der Waals surface area contributed by atoms with Gasteiger partial charge in [0.2, 0.25) is 0 Å². The lowest BCUT2D eigenvalue weighted by atomic mass is 10.0. The number of halogens is 3. The molecule has 0 bridgehead atoms. The van der Waals surface area contributed by atoms with Crippen molar-refractivity contribution < 1.29 is 23.4 Å². The minimum absolute atomic E-state index is 0.135. The number of hydrogen-bond donors (Lipinski definition) is 2. The minimum Gasteiger partial charge on any atom is -0.391 e. The number of benzene rings is 1. The summed E-state index contributed by atoms with van der Waals surface area (Å²) in [6.45, 7) is 1.43. The summed E-state index contributed by atoms with van der Waals surface area (Å²) in [5, 5.41) is 18.4. The highest BCUT2D eigenvalue weighted by atomic mass is 19.4. The average molecular weight is 234 g/mol. The van der Waals surface area contributed by atoms with E-state index in [-0.39, 0.29) is 6.42 Å². The van der Waals surface area contributed by atoms with Crippen LogP contribution in [0.25, 0.3) is 0 Å². The molecule has 0 saturated carbocycles. The predicted molar refractivity (Wildman–Crippen MR) is 52.8 cm³/mol. The fraction of sp³-hybridized carbons (Fsp3) is 0.455. The summed E-state index contributed by atoms with van der Waals surface area (Å²) >= 11 is 0. The van der Waals surface area contributed by atoms with Crippen LogP contribution in [0.3, 0.4) is 0 Å². The maximum Gasteiger partial charge on any atom is 0.416 e. The molecular formula is C11H13F3O2. The van der Waals surface area contributed by atoms with Crippen LogP contribution in [0.1, 0.15) is 18.1 Å². The van der Waals surface area contributed by atoms with Crippen LogP contribution in [0.5, 0.6) is 0 Å². The third-order valence-corrected chi connectivity index (χ3v) is 2.28. The van der Waals surface area contributed by atoms with E-state index in [9.17, 15) is 18.3 Å². The van der Waals surface area contributed by atoms with Gasteiger partial charge in [-0.05, 0) is 24.6 Å². The molecule has 2 nitrogen and oxygen atoms in total. The van der Waals surface area contributed by atoms with Gasteiger partial charge in [0.1, 0.15) is 0 Å². The predicted octanol–water partition coefficient (Wildman–Crippen LogP) is 1.99. The first-order valence-electron chi connectivity index (χ1n) is 4.83. The summed E-state index contributed by atoms with van der Waals surface area (Å²) < 4.78 is 36.7. The van der Waals surface area contributed by atoms with Crippen LogP contribution in [0, 0.1) is 0 Å². The second-order valence-electron chi connectivity index (χ2n) is 3.71. The first kappa shape index (κ1) is 13.0. The van der Waals surface area contributed by atoms with Gasteiger partial charge in [-0.25, -0.2) is 0 Å². The van der Waals surface area contributed by atoms with Gasteiger partial charge in [-0.1, -0.05) is 12.1 Å². The topological polar surface area (TPSA) is 40.5 Å². The number of alkyl halides is 3. The van der Waals surface area contributed by atoms with E-state index in [0.29, 0.717) is 5.56 Å². The van der Waals surface area contributed by atoms with Crippen LogP contribution in [0.2, 0.25) is 0 Å². The molecule has 2 atom stereocenters. The standard InChI is InChI=1S/C11H13F3O2/c1-7(15)10(16)6-8-2-4-9(5-3-8)11(12,13)14/h2-5,7,10,15-16H,6H2,1H3. The van der Waals surface area contributed by atoms with Crippen LogP contribution >= 0.6 is 0 Å².